The summed E-state index contributed by atoms with van der Waals surface area (Å²) in [6, 6.07) is 5.53. The Bertz CT molecular complexity index is 657. The molecular weight excluding hydrogens is 377 g/mol. The lowest BCUT2D eigenvalue weighted by Crippen LogP contribution is -2.57. The minimum absolute atomic E-state index is 0. The normalized spacial score (nSPS) is 20.5. The van der Waals surface area contributed by atoms with Gasteiger partial charge in [-0.25, -0.2) is 0 Å². The van der Waals surface area contributed by atoms with Crippen molar-refractivity contribution in [3.05, 3.63) is 28.8 Å². The van der Waals surface area contributed by atoms with Crippen LogP contribution in [0.3, 0.4) is 0 Å². The molecule has 0 aromatic heterocycles. The number of nitrogens with zero attached hydrogens (tertiary/aromatic N) is 2. The Balaban J connectivity index is 0.00000243. The largest absolute Gasteiger partial charge is 0.483 e. The number of hydrogen-bond acceptors (Lipinski definition) is 4. The van der Waals surface area contributed by atoms with Gasteiger partial charge in [0.05, 0.1) is 6.54 Å². The number of carbonyl (C=O) groups excluding carboxylic acids is 2. The number of ether oxygens (including phenoxy) is 1. The summed E-state index contributed by atoms with van der Waals surface area (Å²) in [7, 11) is 0. The smallest absolute Gasteiger partial charge is 0.260 e. The van der Waals surface area contributed by atoms with Crippen molar-refractivity contribution in [1.82, 2.24) is 15.1 Å². The van der Waals surface area contributed by atoms with Crippen LogP contribution in [0.25, 0.3) is 0 Å². The van der Waals surface area contributed by atoms with E-state index >= 15 is 0 Å². The molecule has 1 N–H and O–H groups in total. The Morgan fingerprint density at radius 3 is 2.96 bits per heavy atom. The molecule has 0 saturated carbocycles. The van der Waals surface area contributed by atoms with Crippen LogP contribution >= 0.6 is 24.0 Å². The van der Waals surface area contributed by atoms with Crippen molar-refractivity contribution in [2.75, 3.05) is 39.3 Å². The van der Waals surface area contributed by atoms with Crippen molar-refractivity contribution >= 4 is 35.8 Å². The van der Waals surface area contributed by atoms with E-state index in [1.807, 2.05) is 28.9 Å². The third-order valence-electron chi connectivity index (χ3n) is 4.89. The van der Waals surface area contributed by atoms with Crippen LogP contribution < -0.4 is 10.1 Å². The van der Waals surface area contributed by atoms with Crippen LogP contribution in [-0.4, -0.2) is 67.0 Å². The van der Waals surface area contributed by atoms with Gasteiger partial charge in [0.25, 0.3) is 5.91 Å². The quantitative estimate of drug-likeness (QED) is 0.836. The number of benzene rings is 1. The molecule has 2 saturated heterocycles. The Labute approximate surface area is 165 Å². The third kappa shape index (κ3) is 4.81. The van der Waals surface area contributed by atoms with Gasteiger partial charge in [0.1, 0.15) is 5.75 Å². The Morgan fingerprint density at radius 2 is 2.19 bits per heavy atom. The fourth-order valence-corrected chi connectivity index (χ4v) is 3.58. The van der Waals surface area contributed by atoms with Crippen molar-refractivity contribution < 1.29 is 14.3 Å². The number of piperazine rings is 1. The molecule has 1 unspecified atom stereocenters. The van der Waals surface area contributed by atoms with E-state index in [4.69, 9.17) is 16.3 Å². The average molecular weight is 402 g/mol. The lowest BCUT2D eigenvalue weighted by molar-refractivity contribution is -0.141. The molecule has 0 spiro atoms. The highest BCUT2D eigenvalue weighted by Crippen LogP contribution is 2.25. The molecule has 2 fully saturated rings. The van der Waals surface area contributed by atoms with Gasteiger partial charge in [-0.05, 0) is 31.9 Å². The van der Waals surface area contributed by atoms with Crippen molar-refractivity contribution in [3.8, 4) is 5.75 Å². The second-order valence-electron chi connectivity index (χ2n) is 6.55. The number of hydrogen-bond donors (Lipinski definition) is 1. The number of amides is 2. The van der Waals surface area contributed by atoms with Gasteiger partial charge in [-0.1, -0.05) is 17.7 Å². The summed E-state index contributed by atoms with van der Waals surface area (Å²) in [5.74, 6) is 0.703. The van der Waals surface area contributed by atoms with Gasteiger partial charge in [-0.15, -0.1) is 12.4 Å². The van der Waals surface area contributed by atoms with Crippen LogP contribution in [0.2, 0.25) is 5.02 Å². The zero-order valence-electron chi connectivity index (χ0n) is 14.9. The topological polar surface area (TPSA) is 61.9 Å². The first-order valence-electron chi connectivity index (χ1n) is 8.72. The molecule has 8 heteroatoms. The van der Waals surface area contributed by atoms with E-state index in [-0.39, 0.29) is 36.9 Å². The van der Waals surface area contributed by atoms with E-state index in [2.05, 4.69) is 5.32 Å². The van der Waals surface area contributed by atoms with Crippen LogP contribution in [0.5, 0.6) is 5.75 Å². The predicted octanol–water partition coefficient (Wildman–Crippen LogP) is 1.87. The highest BCUT2D eigenvalue weighted by molar-refractivity contribution is 6.31. The lowest BCUT2D eigenvalue weighted by atomic mass is 10.0. The van der Waals surface area contributed by atoms with E-state index in [0.717, 1.165) is 24.9 Å². The average Bonchev–Trinajstić information content (AvgIpc) is 2.63. The zero-order chi connectivity index (χ0) is 17.8. The minimum atomic E-state index is -0.0494. The number of nitrogens with one attached hydrogen (secondary N) is 1. The highest BCUT2D eigenvalue weighted by Gasteiger charge is 2.31. The maximum atomic E-state index is 12.5. The first kappa shape index (κ1) is 20.8. The standard InChI is InChI=1S/C18H24ClN3O3.ClH/c1-13-15(19)5-2-6-16(13)25-12-18(24)21-8-3-4-14(11-21)22-9-7-20-10-17(22)23;/h2,5-6,14,20H,3-4,7-12H2,1H3;1H. The molecule has 1 aromatic rings. The van der Waals surface area contributed by atoms with E-state index < -0.39 is 0 Å². The summed E-state index contributed by atoms with van der Waals surface area (Å²) < 4.78 is 5.67. The molecule has 0 aliphatic carbocycles. The Kier molecular flexibility index (Phi) is 7.55. The molecule has 0 bridgehead atoms. The molecule has 6 nitrogen and oxygen atoms in total. The van der Waals surface area contributed by atoms with E-state index in [1.165, 1.54) is 0 Å². The first-order chi connectivity index (χ1) is 12.1. The molecule has 3 rings (SSSR count). The van der Waals surface area contributed by atoms with Crippen LogP contribution in [0, 0.1) is 6.92 Å². The number of halogens is 2. The van der Waals surface area contributed by atoms with Gasteiger partial charge < -0.3 is 19.9 Å². The summed E-state index contributed by atoms with van der Waals surface area (Å²) in [5, 5.41) is 3.71. The fraction of sp³-hybridized carbons (Fsp3) is 0.556. The van der Waals surface area contributed by atoms with Crippen molar-refractivity contribution in [2.24, 2.45) is 0 Å². The Morgan fingerprint density at radius 1 is 1.38 bits per heavy atom. The first-order valence-corrected chi connectivity index (χ1v) is 9.10. The van der Waals surface area contributed by atoms with Gasteiger partial charge in [-0.2, -0.15) is 0 Å². The summed E-state index contributed by atoms with van der Waals surface area (Å²) in [6.07, 6.45) is 1.85. The lowest BCUT2D eigenvalue weighted by Gasteiger charge is -2.41. The molecule has 1 aromatic carbocycles. The molecule has 2 aliphatic heterocycles. The highest BCUT2D eigenvalue weighted by atomic mass is 35.5. The molecule has 26 heavy (non-hydrogen) atoms. The second kappa shape index (κ2) is 9.44. The zero-order valence-corrected chi connectivity index (χ0v) is 16.4. The molecule has 144 valence electrons. The predicted molar refractivity (Wildman–Crippen MR) is 103 cm³/mol. The minimum Gasteiger partial charge on any atom is -0.483 e. The molecule has 1 atom stereocenters. The van der Waals surface area contributed by atoms with Gasteiger partial charge >= 0.3 is 0 Å². The SMILES string of the molecule is Cc1c(Cl)cccc1OCC(=O)N1CCCC(N2CCNCC2=O)C1.Cl. The number of piperidine rings is 1. The maximum absolute atomic E-state index is 12.5. The van der Waals surface area contributed by atoms with Crippen molar-refractivity contribution in [2.45, 2.75) is 25.8 Å². The van der Waals surface area contributed by atoms with Gasteiger partial charge in [0.15, 0.2) is 6.61 Å². The molecule has 0 radical (unpaired) electrons. The van der Waals surface area contributed by atoms with E-state index in [9.17, 15) is 9.59 Å². The van der Waals surface area contributed by atoms with Crippen molar-refractivity contribution in [1.29, 1.82) is 0 Å². The van der Waals surface area contributed by atoms with Gasteiger partial charge in [0, 0.05) is 42.8 Å². The monoisotopic (exact) mass is 401 g/mol. The molecule has 2 heterocycles. The van der Waals surface area contributed by atoms with Crippen LogP contribution in [0.1, 0.15) is 18.4 Å². The van der Waals surface area contributed by atoms with Crippen molar-refractivity contribution in [3.63, 3.8) is 0 Å². The third-order valence-corrected chi connectivity index (χ3v) is 5.29. The fourth-order valence-electron chi connectivity index (χ4n) is 3.42. The number of likely N-dealkylation sites (tertiary alicyclic amines) is 1. The number of rotatable bonds is 4. The van der Waals surface area contributed by atoms with Crippen LogP contribution in [0.15, 0.2) is 18.2 Å². The van der Waals surface area contributed by atoms with Gasteiger partial charge in [-0.3, -0.25) is 9.59 Å². The summed E-state index contributed by atoms with van der Waals surface area (Å²) >= 11 is 6.08. The van der Waals surface area contributed by atoms with Crippen LogP contribution in [-0.2, 0) is 9.59 Å². The summed E-state index contributed by atoms with van der Waals surface area (Å²) in [6.45, 7) is 5.08. The Hall–Kier alpha value is -1.50. The maximum Gasteiger partial charge on any atom is 0.260 e. The van der Waals surface area contributed by atoms with E-state index in [1.54, 1.807) is 6.07 Å². The second-order valence-corrected chi connectivity index (χ2v) is 6.96. The van der Waals surface area contributed by atoms with Gasteiger partial charge in [0.2, 0.25) is 5.91 Å². The molecular formula is C18H25Cl2N3O3. The van der Waals surface area contributed by atoms with Crippen LogP contribution in [0.4, 0.5) is 0 Å². The molecule has 2 amide bonds. The summed E-state index contributed by atoms with van der Waals surface area (Å²) in [4.78, 5) is 28.3. The molecule has 2 aliphatic rings. The number of carbonyl (C=O) groups is 2. The summed E-state index contributed by atoms with van der Waals surface area (Å²) in [5.41, 5.74) is 0.833. The van der Waals surface area contributed by atoms with E-state index in [0.29, 0.717) is 37.0 Å².